The zero-order valence-corrected chi connectivity index (χ0v) is 13.1. The minimum absolute atomic E-state index is 0.00164. The molecule has 1 aromatic rings. The van der Waals surface area contributed by atoms with E-state index >= 15 is 0 Å². The molecule has 1 amide bonds. The van der Waals surface area contributed by atoms with Gasteiger partial charge in [0.25, 0.3) is 0 Å². The summed E-state index contributed by atoms with van der Waals surface area (Å²) in [5.41, 5.74) is 0.976. The number of carbonyl (C=O) groups excluding carboxylic acids is 1. The van der Waals surface area contributed by atoms with Gasteiger partial charge in [0, 0.05) is 22.1 Å². The maximum absolute atomic E-state index is 11.7. The standard InChI is InChI=1S/C13H18BrClN2O/c1-8(2)17-13(18)9(3)16-7-10-4-5-11(14)6-12(10)15/h4-6,8-9,16H,7H2,1-3H3,(H,17,18). The zero-order chi connectivity index (χ0) is 13.7. The highest BCUT2D eigenvalue weighted by Crippen LogP contribution is 2.21. The van der Waals surface area contributed by atoms with Crippen LogP contribution in [0, 0.1) is 0 Å². The number of carbonyl (C=O) groups is 1. The van der Waals surface area contributed by atoms with Crippen LogP contribution in [-0.4, -0.2) is 18.0 Å². The van der Waals surface area contributed by atoms with Gasteiger partial charge in [-0.25, -0.2) is 0 Å². The molecule has 0 aromatic heterocycles. The Hall–Kier alpha value is -0.580. The van der Waals surface area contributed by atoms with E-state index in [1.165, 1.54) is 0 Å². The summed E-state index contributed by atoms with van der Waals surface area (Å²) in [7, 11) is 0. The van der Waals surface area contributed by atoms with E-state index in [-0.39, 0.29) is 18.0 Å². The fraction of sp³-hybridized carbons (Fsp3) is 0.462. The van der Waals surface area contributed by atoms with Crippen LogP contribution in [0.5, 0.6) is 0 Å². The summed E-state index contributed by atoms with van der Waals surface area (Å²) in [5, 5.41) is 6.70. The van der Waals surface area contributed by atoms with Gasteiger partial charge in [0.2, 0.25) is 5.91 Å². The van der Waals surface area contributed by atoms with Crippen molar-refractivity contribution in [2.75, 3.05) is 0 Å². The Bertz CT molecular complexity index is 423. The van der Waals surface area contributed by atoms with Gasteiger partial charge in [-0.05, 0) is 38.5 Å². The normalized spacial score (nSPS) is 12.6. The number of amides is 1. The maximum Gasteiger partial charge on any atom is 0.237 e. The van der Waals surface area contributed by atoms with Gasteiger partial charge < -0.3 is 10.6 Å². The molecule has 0 saturated carbocycles. The third-order valence-corrected chi connectivity index (χ3v) is 3.28. The fourth-order valence-electron chi connectivity index (χ4n) is 1.43. The van der Waals surface area contributed by atoms with E-state index < -0.39 is 0 Å². The number of nitrogens with one attached hydrogen (secondary N) is 2. The smallest absolute Gasteiger partial charge is 0.237 e. The van der Waals surface area contributed by atoms with Crippen molar-refractivity contribution in [1.29, 1.82) is 0 Å². The van der Waals surface area contributed by atoms with Crippen molar-refractivity contribution in [3.05, 3.63) is 33.3 Å². The summed E-state index contributed by atoms with van der Waals surface area (Å²) in [4.78, 5) is 11.7. The van der Waals surface area contributed by atoms with Crippen molar-refractivity contribution in [2.45, 2.75) is 39.4 Å². The van der Waals surface area contributed by atoms with Crippen LogP contribution < -0.4 is 10.6 Å². The van der Waals surface area contributed by atoms with Crippen LogP contribution in [0.25, 0.3) is 0 Å². The van der Waals surface area contributed by atoms with E-state index in [0.717, 1.165) is 10.0 Å². The lowest BCUT2D eigenvalue weighted by Crippen LogP contribution is -2.44. The predicted octanol–water partition coefficient (Wildman–Crippen LogP) is 3.11. The van der Waals surface area contributed by atoms with Crippen LogP contribution in [0.2, 0.25) is 5.02 Å². The Morgan fingerprint density at radius 2 is 2.06 bits per heavy atom. The molecule has 0 saturated heterocycles. The first kappa shape index (κ1) is 15.5. The van der Waals surface area contributed by atoms with Crippen molar-refractivity contribution >= 4 is 33.4 Å². The van der Waals surface area contributed by atoms with E-state index in [1.54, 1.807) is 0 Å². The van der Waals surface area contributed by atoms with Crippen molar-refractivity contribution in [3.8, 4) is 0 Å². The minimum Gasteiger partial charge on any atom is -0.353 e. The summed E-state index contributed by atoms with van der Waals surface area (Å²) in [5.74, 6) is -0.00164. The van der Waals surface area contributed by atoms with Gasteiger partial charge in [0.1, 0.15) is 0 Å². The summed E-state index contributed by atoms with van der Waals surface area (Å²) in [6.45, 7) is 6.29. The molecule has 0 aliphatic rings. The van der Waals surface area contributed by atoms with Crippen molar-refractivity contribution in [3.63, 3.8) is 0 Å². The summed E-state index contributed by atoms with van der Waals surface area (Å²) in [6.07, 6.45) is 0. The minimum atomic E-state index is -0.243. The third-order valence-electron chi connectivity index (χ3n) is 2.44. The lowest BCUT2D eigenvalue weighted by atomic mass is 10.2. The maximum atomic E-state index is 11.7. The van der Waals surface area contributed by atoms with Crippen molar-refractivity contribution in [2.24, 2.45) is 0 Å². The van der Waals surface area contributed by atoms with Gasteiger partial charge in [-0.15, -0.1) is 0 Å². The number of halogens is 2. The van der Waals surface area contributed by atoms with Gasteiger partial charge >= 0.3 is 0 Å². The van der Waals surface area contributed by atoms with E-state index in [2.05, 4.69) is 26.6 Å². The highest BCUT2D eigenvalue weighted by Gasteiger charge is 2.13. The first-order valence-electron chi connectivity index (χ1n) is 5.88. The van der Waals surface area contributed by atoms with Gasteiger partial charge in [0.05, 0.1) is 6.04 Å². The SMILES string of the molecule is CC(C)NC(=O)C(C)NCc1ccc(Br)cc1Cl. The molecule has 0 fully saturated rings. The Morgan fingerprint density at radius 3 is 2.61 bits per heavy atom. The van der Waals surface area contributed by atoms with Crippen LogP contribution in [0.3, 0.4) is 0 Å². The summed E-state index contributed by atoms with van der Waals surface area (Å²) >= 11 is 9.46. The molecule has 1 rings (SSSR count). The topological polar surface area (TPSA) is 41.1 Å². The van der Waals surface area contributed by atoms with Crippen molar-refractivity contribution in [1.82, 2.24) is 10.6 Å². The molecular weight excluding hydrogens is 316 g/mol. The molecule has 1 unspecified atom stereocenters. The molecule has 3 nitrogen and oxygen atoms in total. The highest BCUT2D eigenvalue weighted by atomic mass is 79.9. The second-order valence-corrected chi connectivity index (χ2v) is 5.82. The van der Waals surface area contributed by atoms with Crippen LogP contribution in [-0.2, 0) is 11.3 Å². The number of rotatable bonds is 5. The Balaban J connectivity index is 2.52. The first-order valence-corrected chi connectivity index (χ1v) is 7.05. The van der Waals surface area contributed by atoms with Gasteiger partial charge in [0.15, 0.2) is 0 Å². The average Bonchev–Trinajstić information content (AvgIpc) is 2.26. The molecule has 0 heterocycles. The van der Waals surface area contributed by atoms with Gasteiger partial charge in [-0.3, -0.25) is 4.79 Å². The van der Waals surface area contributed by atoms with Crippen LogP contribution in [0.15, 0.2) is 22.7 Å². The highest BCUT2D eigenvalue weighted by molar-refractivity contribution is 9.10. The molecule has 0 aliphatic carbocycles. The number of hydrogen-bond acceptors (Lipinski definition) is 2. The van der Waals surface area contributed by atoms with Crippen LogP contribution >= 0.6 is 27.5 Å². The lowest BCUT2D eigenvalue weighted by molar-refractivity contribution is -0.123. The Labute approximate surface area is 121 Å². The van der Waals surface area contributed by atoms with E-state index in [9.17, 15) is 4.79 Å². The van der Waals surface area contributed by atoms with Gasteiger partial charge in [-0.1, -0.05) is 33.6 Å². The van der Waals surface area contributed by atoms with Crippen LogP contribution in [0.1, 0.15) is 26.3 Å². The molecule has 0 radical (unpaired) electrons. The first-order chi connectivity index (χ1) is 8.40. The molecule has 100 valence electrons. The fourth-order valence-corrected chi connectivity index (χ4v) is 2.17. The molecular formula is C13H18BrClN2O. The van der Waals surface area contributed by atoms with Crippen LogP contribution in [0.4, 0.5) is 0 Å². The molecule has 1 aromatic carbocycles. The summed E-state index contributed by atoms with van der Waals surface area (Å²) in [6, 6.07) is 5.62. The molecule has 0 spiro atoms. The van der Waals surface area contributed by atoms with E-state index in [4.69, 9.17) is 11.6 Å². The molecule has 5 heteroatoms. The molecule has 18 heavy (non-hydrogen) atoms. The molecule has 1 atom stereocenters. The largest absolute Gasteiger partial charge is 0.353 e. The van der Waals surface area contributed by atoms with Crippen molar-refractivity contribution < 1.29 is 4.79 Å². The van der Waals surface area contributed by atoms with Gasteiger partial charge in [-0.2, -0.15) is 0 Å². The second-order valence-electron chi connectivity index (χ2n) is 4.50. The lowest BCUT2D eigenvalue weighted by Gasteiger charge is -2.16. The van der Waals surface area contributed by atoms with E-state index in [0.29, 0.717) is 11.6 Å². The molecule has 0 bridgehead atoms. The zero-order valence-electron chi connectivity index (χ0n) is 10.8. The number of benzene rings is 1. The average molecular weight is 334 g/mol. The monoisotopic (exact) mass is 332 g/mol. The Morgan fingerprint density at radius 1 is 1.39 bits per heavy atom. The number of hydrogen-bond donors (Lipinski definition) is 2. The second kappa shape index (κ2) is 7.12. The quantitative estimate of drug-likeness (QED) is 0.869. The predicted molar refractivity (Wildman–Crippen MR) is 78.7 cm³/mol. The molecule has 0 aliphatic heterocycles. The van der Waals surface area contributed by atoms with E-state index in [1.807, 2.05) is 39.0 Å². The Kier molecular flexibility index (Phi) is 6.12. The molecule has 2 N–H and O–H groups in total. The summed E-state index contributed by atoms with van der Waals surface area (Å²) < 4.78 is 0.946. The third kappa shape index (κ3) is 4.96.